The van der Waals surface area contributed by atoms with E-state index in [1.54, 1.807) is 6.20 Å². The van der Waals surface area contributed by atoms with E-state index in [-0.39, 0.29) is 0 Å². The first kappa shape index (κ1) is 11.7. The van der Waals surface area contributed by atoms with Crippen LogP contribution in [0.4, 0.5) is 5.69 Å². The molecule has 0 aliphatic heterocycles. The summed E-state index contributed by atoms with van der Waals surface area (Å²) < 4.78 is 0. The fraction of sp³-hybridized carbons (Fsp3) is 0. The highest BCUT2D eigenvalue weighted by molar-refractivity contribution is 7.81. The summed E-state index contributed by atoms with van der Waals surface area (Å²) in [5, 5.41) is 3.15. The summed E-state index contributed by atoms with van der Waals surface area (Å²) in [6.45, 7) is 0. The van der Waals surface area contributed by atoms with Crippen molar-refractivity contribution < 1.29 is 0 Å². The van der Waals surface area contributed by atoms with Crippen LogP contribution >= 0.6 is 12.2 Å². The van der Waals surface area contributed by atoms with Crippen molar-refractivity contribution in [2.24, 2.45) is 0 Å². The number of para-hydroxylation sites is 3. The van der Waals surface area contributed by atoms with Gasteiger partial charge in [-0.05, 0) is 24.3 Å². The molecule has 3 rings (SSSR count). The molecular formula is C15H11N3S. The van der Waals surface area contributed by atoms with Gasteiger partial charge in [0.05, 0.1) is 17.2 Å². The van der Waals surface area contributed by atoms with Crippen molar-refractivity contribution in [3.05, 3.63) is 66.5 Å². The Morgan fingerprint density at radius 3 is 2.37 bits per heavy atom. The van der Waals surface area contributed by atoms with Gasteiger partial charge in [-0.15, -0.1) is 0 Å². The Hall–Kier alpha value is -2.33. The predicted octanol–water partition coefficient (Wildman–Crippen LogP) is 3.42. The van der Waals surface area contributed by atoms with Crippen molar-refractivity contribution in [3.63, 3.8) is 0 Å². The molecule has 2 aromatic carbocycles. The normalized spacial score (nSPS) is 10.3. The average Bonchev–Trinajstić information content (AvgIpc) is 2.48. The molecule has 0 spiro atoms. The summed E-state index contributed by atoms with van der Waals surface area (Å²) in [6, 6.07) is 17.5. The van der Waals surface area contributed by atoms with Crippen molar-refractivity contribution in [3.8, 4) is 0 Å². The van der Waals surface area contributed by atoms with E-state index in [4.69, 9.17) is 12.2 Å². The largest absolute Gasteiger partial charge is 0.345 e. The van der Waals surface area contributed by atoms with E-state index in [0.717, 1.165) is 16.7 Å². The van der Waals surface area contributed by atoms with Crippen molar-refractivity contribution in [1.29, 1.82) is 0 Å². The minimum absolute atomic E-state index is 0.574. The first-order valence-electron chi connectivity index (χ1n) is 5.91. The van der Waals surface area contributed by atoms with Gasteiger partial charge in [-0.3, -0.25) is 4.98 Å². The van der Waals surface area contributed by atoms with Gasteiger partial charge in [0.15, 0.2) is 0 Å². The molecule has 0 amide bonds. The van der Waals surface area contributed by atoms with Gasteiger partial charge >= 0.3 is 0 Å². The Morgan fingerprint density at radius 2 is 1.58 bits per heavy atom. The zero-order chi connectivity index (χ0) is 13.1. The van der Waals surface area contributed by atoms with Gasteiger partial charge in [-0.2, -0.15) is 0 Å². The number of benzene rings is 2. The van der Waals surface area contributed by atoms with Crippen LogP contribution in [0.25, 0.3) is 11.0 Å². The van der Waals surface area contributed by atoms with Crippen LogP contribution in [-0.4, -0.2) is 15.0 Å². The molecular weight excluding hydrogens is 254 g/mol. The van der Waals surface area contributed by atoms with E-state index in [0.29, 0.717) is 10.7 Å². The molecule has 19 heavy (non-hydrogen) atoms. The molecule has 0 bridgehead atoms. The second-order valence-corrected chi connectivity index (χ2v) is 4.47. The minimum Gasteiger partial charge on any atom is -0.345 e. The van der Waals surface area contributed by atoms with E-state index in [1.807, 2.05) is 54.6 Å². The highest BCUT2D eigenvalue weighted by atomic mass is 32.1. The van der Waals surface area contributed by atoms with Crippen LogP contribution in [0, 0.1) is 0 Å². The summed E-state index contributed by atoms with van der Waals surface area (Å²) >= 11 is 5.35. The Balaban J connectivity index is 1.89. The molecule has 0 aliphatic carbocycles. The number of fused-ring (bicyclic) bond motifs is 1. The topological polar surface area (TPSA) is 37.8 Å². The van der Waals surface area contributed by atoms with Gasteiger partial charge in [0.25, 0.3) is 0 Å². The number of hydrogen-bond acceptors (Lipinski definition) is 3. The van der Waals surface area contributed by atoms with Crippen LogP contribution < -0.4 is 5.32 Å². The molecule has 0 saturated heterocycles. The number of nitrogens with zero attached hydrogens (tertiary/aromatic N) is 2. The van der Waals surface area contributed by atoms with Crippen LogP contribution in [0.15, 0.2) is 60.8 Å². The molecule has 0 atom stereocenters. The van der Waals surface area contributed by atoms with Crippen LogP contribution in [0.5, 0.6) is 0 Å². The lowest BCUT2D eigenvalue weighted by atomic mass is 10.3. The number of anilines is 1. The molecule has 0 aliphatic rings. The van der Waals surface area contributed by atoms with Crippen molar-refractivity contribution in [1.82, 2.24) is 9.97 Å². The van der Waals surface area contributed by atoms with E-state index < -0.39 is 0 Å². The van der Waals surface area contributed by atoms with Crippen LogP contribution in [0.2, 0.25) is 0 Å². The lowest BCUT2D eigenvalue weighted by Gasteiger charge is -2.07. The van der Waals surface area contributed by atoms with Gasteiger partial charge < -0.3 is 5.32 Å². The first-order chi connectivity index (χ1) is 9.33. The van der Waals surface area contributed by atoms with E-state index in [2.05, 4.69) is 15.3 Å². The SMILES string of the molecule is S=C(Nc1ccccc1)c1cnc2ccccc2n1. The molecule has 4 heteroatoms. The summed E-state index contributed by atoms with van der Waals surface area (Å²) in [7, 11) is 0. The van der Waals surface area contributed by atoms with Crippen molar-refractivity contribution >= 4 is 33.9 Å². The number of thiocarbonyl (C=S) groups is 1. The van der Waals surface area contributed by atoms with E-state index in [1.165, 1.54) is 0 Å². The van der Waals surface area contributed by atoms with Crippen LogP contribution in [0.1, 0.15) is 5.69 Å². The quantitative estimate of drug-likeness (QED) is 0.720. The fourth-order valence-electron chi connectivity index (χ4n) is 1.78. The molecule has 0 fully saturated rings. The van der Waals surface area contributed by atoms with Gasteiger partial charge in [0.2, 0.25) is 0 Å². The highest BCUT2D eigenvalue weighted by Crippen LogP contribution is 2.11. The van der Waals surface area contributed by atoms with E-state index >= 15 is 0 Å². The molecule has 0 saturated carbocycles. The maximum absolute atomic E-state index is 5.35. The number of nitrogens with one attached hydrogen (secondary N) is 1. The molecule has 3 aromatic rings. The smallest absolute Gasteiger partial charge is 0.131 e. The molecule has 1 N–H and O–H groups in total. The number of aromatic nitrogens is 2. The second-order valence-electron chi connectivity index (χ2n) is 4.06. The van der Waals surface area contributed by atoms with Crippen LogP contribution in [0.3, 0.4) is 0 Å². The molecule has 92 valence electrons. The lowest BCUT2D eigenvalue weighted by molar-refractivity contribution is 1.27. The van der Waals surface area contributed by atoms with Gasteiger partial charge in [-0.25, -0.2) is 4.98 Å². The van der Waals surface area contributed by atoms with E-state index in [9.17, 15) is 0 Å². The average molecular weight is 265 g/mol. The predicted molar refractivity (Wildman–Crippen MR) is 81.3 cm³/mol. The minimum atomic E-state index is 0.574. The first-order valence-corrected chi connectivity index (χ1v) is 6.32. The Kier molecular flexibility index (Phi) is 3.16. The second kappa shape index (κ2) is 5.12. The zero-order valence-corrected chi connectivity index (χ0v) is 10.9. The van der Waals surface area contributed by atoms with Crippen molar-refractivity contribution in [2.45, 2.75) is 0 Å². The maximum atomic E-state index is 5.35. The molecule has 0 unspecified atom stereocenters. The van der Waals surface area contributed by atoms with Gasteiger partial charge in [0.1, 0.15) is 10.7 Å². The third kappa shape index (κ3) is 2.58. The lowest BCUT2D eigenvalue weighted by Crippen LogP contribution is -2.12. The Labute approximate surface area is 116 Å². The molecule has 0 radical (unpaired) electrons. The third-order valence-corrected chi connectivity index (χ3v) is 3.02. The standard InChI is InChI=1S/C15H11N3S/c19-15(17-11-6-2-1-3-7-11)14-10-16-12-8-4-5-9-13(12)18-14/h1-10H,(H,17,19). The fourth-order valence-corrected chi connectivity index (χ4v) is 2.00. The molecule has 3 nitrogen and oxygen atoms in total. The van der Waals surface area contributed by atoms with Crippen LogP contribution in [-0.2, 0) is 0 Å². The zero-order valence-electron chi connectivity index (χ0n) is 10.1. The Bertz CT molecular complexity index is 726. The molecule has 1 heterocycles. The maximum Gasteiger partial charge on any atom is 0.131 e. The summed E-state index contributed by atoms with van der Waals surface area (Å²) in [4.78, 5) is 9.43. The van der Waals surface area contributed by atoms with Gasteiger partial charge in [-0.1, -0.05) is 42.5 Å². The monoisotopic (exact) mass is 265 g/mol. The summed E-state index contributed by atoms with van der Waals surface area (Å²) in [6.07, 6.45) is 1.70. The van der Waals surface area contributed by atoms with Gasteiger partial charge in [0, 0.05) is 5.69 Å². The van der Waals surface area contributed by atoms with Crippen molar-refractivity contribution in [2.75, 3.05) is 5.32 Å². The Morgan fingerprint density at radius 1 is 0.895 bits per heavy atom. The summed E-state index contributed by atoms with van der Waals surface area (Å²) in [5.74, 6) is 0. The molecule has 1 aromatic heterocycles. The number of rotatable bonds is 2. The number of hydrogen-bond donors (Lipinski definition) is 1. The third-order valence-electron chi connectivity index (χ3n) is 2.71. The summed E-state index contributed by atoms with van der Waals surface area (Å²) in [5.41, 5.74) is 3.34. The highest BCUT2D eigenvalue weighted by Gasteiger charge is 2.05.